The van der Waals surface area contributed by atoms with E-state index in [-0.39, 0.29) is 24.2 Å². The number of carbonyl (C=O) groups excluding carboxylic acids is 1. The fraction of sp³-hybridized carbons (Fsp3) is 0.562. The van der Waals surface area contributed by atoms with Crippen LogP contribution < -0.4 is 5.32 Å². The van der Waals surface area contributed by atoms with Crippen molar-refractivity contribution in [1.29, 1.82) is 0 Å². The zero-order valence-corrected chi connectivity index (χ0v) is 13.4. The molecule has 2 aliphatic heterocycles. The maximum atomic E-state index is 12.7. The molecule has 2 aliphatic rings. The molecule has 6 heteroatoms. The second-order valence-electron chi connectivity index (χ2n) is 5.70. The summed E-state index contributed by atoms with van der Waals surface area (Å²) in [5.74, 6) is 0.0921. The van der Waals surface area contributed by atoms with Gasteiger partial charge in [-0.1, -0.05) is 23.7 Å². The molecule has 2 heterocycles. The molecular formula is C16H21ClN2O3. The molecular weight excluding hydrogens is 304 g/mol. The number of morpholine rings is 2. The van der Waals surface area contributed by atoms with E-state index in [0.29, 0.717) is 37.9 Å². The van der Waals surface area contributed by atoms with Crippen molar-refractivity contribution in [1.82, 2.24) is 10.2 Å². The standard InChI is InChI=1S/C16H21ClN2O3/c1-11-15(18-6-8-21-11)16(20)19-7-9-22-14(10-19)12-2-4-13(17)5-3-12/h2-5,11,14-15,18H,6-10H2,1H3/t11-,14?,15+/m1/s1. The van der Waals surface area contributed by atoms with Crippen LogP contribution in [0.25, 0.3) is 0 Å². The molecule has 5 nitrogen and oxygen atoms in total. The number of carbonyl (C=O) groups is 1. The average Bonchev–Trinajstić information content (AvgIpc) is 2.55. The molecule has 22 heavy (non-hydrogen) atoms. The first kappa shape index (κ1) is 15.7. The number of benzene rings is 1. The Morgan fingerprint density at radius 2 is 2.05 bits per heavy atom. The van der Waals surface area contributed by atoms with Gasteiger partial charge in [-0.25, -0.2) is 0 Å². The van der Waals surface area contributed by atoms with Gasteiger partial charge in [0.1, 0.15) is 12.1 Å². The van der Waals surface area contributed by atoms with Crippen LogP contribution in [0.4, 0.5) is 0 Å². The lowest BCUT2D eigenvalue weighted by Crippen LogP contribution is -2.58. The van der Waals surface area contributed by atoms with Crippen LogP contribution in [0.5, 0.6) is 0 Å². The highest BCUT2D eigenvalue weighted by Gasteiger charge is 2.34. The van der Waals surface area contributed by atoms with Crippen LogP contribution in [-0.4, -0.2) is 55.8 Å². The van der Waals surface area contributed by atoms with Gasteiger partial charge in [-0.05, 0) is 24.6 Å². The molecule has 0 bridgehead atoms. The molecule has 1 N–H and O–H groups in total. The molecule has 3 rings (SSSR count). The molecule has 2 saturated heterocycles. The SMILES string of the molecule is C[C@H]1OCCN[C@@H]1C(=O)N1CCOC(c2ccc(Cl)cc2)C1. The normalized spacial score (nSPS) is 29.4. The highest BCUT2D eigenvalue weighted by Crippen LogP contribution is 2.24. The summed E-state index contributed by atoms with van der Waals surface area (Å²) in [6.45, 7) is 5.03. The fourth-order valence-corrected chi connectivity index (χ4v) is 3.06. The fourth-order valence-electron chi connectivity index (χ4n) is 2.93. The molecule has 0 spiro atoms. The quantitative estimate of drug-likeness (QED) is 0.898. The van der Waals surface area contributed by atoms with Crippen molar-refractivity contribution in [2.75, 3.05) is 32.8 Å². The Hall–Kier alpha value is -1.14. The molecule has 1 aromatic carbocycles. The monoisotopic (exact) mass is 324 g/mol. The van der Waals surface area contributed by atoms with Gasteiger partial charge in [0.15, 0.2) is 0 Å². The minimum absolute atomic E-state index is 0.0921. The van der Waals surface area contributed by atoms with Crippen molar-refractivity contribution in [3.63, 3.8) is 0 Å². The van der Waals surface area contributed by atoms with Crippen LogP contribution in [0.15, 0.2) is 24.3 Å². The number of halogens is 1. The summed E-state index contributed by atoms with van der Waals surface area (Å²) in [6.07, 6.45) is -0.201. The van der Waals surface area contributed by atoms with Crippen molar-refractivity contribution in [2.45, 2.75) is 25.2 Å². The largest absolute Gasteiger partial charge is 0.375 e. The molecule has 1 unspecified atom stereocenters. The van der Waals surface area contributed by atoms with Crippen molar-refractivity contribution >= 4 is 17.5 Å². The number of ether oxygens (including phenoxy) is 2. The lowest BCUT2D eigenvalue weighted by molar-refractivity contribution is -0.147. The van der Waals surface area contributed by atoms with Crippen molar-refractivity contribution in [3.05, 3.63) is 34.9 Å². The van der Waals surface area contributed by atoms with E-state index in [1.165, 1.54) is 0 Å². The lowest BCUT2D eigenvalue weighted by Gasteiger charge is -2.38. The van der Waals surface area contributed by atoms with Gasteiger partial charge in [-0.15, -0.1) is 0 Å². The van der Waals surface area contributed by atoms with E-state index in [9.17, 15) is 4.79 Å². The minimum Gasteiger partial charge on any atom is -0.375 e. The zero-order valence-electron chi connectivity index (χ0n) is 12.6. The number of hydrogen-bond donors (Lipinski definition) is 1. The van der Waals surface area contributed by atoms with Gasteiger partial charge >= 0.3 is 0 Å². The summed E-state index contributed by atoms with van der Waals surface area (Å²) < 4.78 is 11.4. The predicted molar refractivity (Wildman–Crippen MR) is 83.9 cm³/mol. The predicted octanol–water partition coefficient (Wildman–Crippen LogP) is 1.62. The molecule has 3 atom stereocenters. The minimum atomic E-state index is -0.266. The van der Waals surface area contributed by atoms with Gasteiger partial charge < -0.3 is 19.7 Å². The summed E-state index contributed by atoms with van der Waals surface area (Å²) in [5, 5.41) is 3.95. The Morgan fingerprint density at radius 1 is 1.27 bits per heavy atom. The lowest BCUT2D eigenvalue weighted by atomic mass is 10.1. The number of hydrogen-bond acceptors (Lipinski definition) is 4. The Labute approximate surface area is 135 Å². The van der Waals surface area contributed by atoms with Crippen molar-refractivity contribution < 1.29 is 14.3 Å². The summed E-state index contributed by atoms with van der Waals surface area (Å²) in [5.41, 5.74) is 1.04. The summed E-state index contributed by atoms with van der Waals surface area (Å²) in [6, 6.07) is 7.33. The molecule has 0 aromatic heterocycles. The maximum absolute atomic E-state index is 12.7. The topological polar surface area (TPSA) is 50.8 Å². The highest BCUT2D eigenvalue weighted by atomic mass is 35.5. The van der Waals surface area contributed by atoms with Crippen LogP contribution in [-0.2, 0) is 14.3 Å². The van der Waals surface area contributed by atoms with E-state index in [0.717, 1.165) is 5.56 Å². The smallest absolute Gasteiger partial charge is 0.242 e. The van der Waals surface area contributed by atoms with E-state index in [4.69, 9.17) is 21.1 Å². The van der Waals surface area contributed by atoms with Crippen molar-refractivity contribution in [3.8, 4) is 0 Å². The molecule has 1 amide bonds. The van der Waals surface area contributed by atoms with Crippen LogP contribution in [0.2, 0.25) is 5.02 Å². The van der Waals surface area contributed by atoms with Gasteiger partial charge in [0.2, 0.25) is 5.91 Å². The van der Waals surface area contributed by atoms with Crippen LogP contribution in [0, 0.1) is 0 Å². The van der Waals surface area contributed by atoms with E-state index < -0.39 is 0 Å². The highest BCUT2D eigenvalue weighted by molar-refractivity contribution is 6.30. The van der Waals surface area contributed by atoms with Crippen LogP contribution in [0.3, 0.4) is 0 Å². The zero-order chi connectivity index (χ0) is 15.5. The van der Waals surface area contributed by atoms with Crippen LogP contribution in [0.1, 0.15) is 18.6 Å². The first-order chi connectivity index (χ1) is 10.6. The third-order valence-corrected chi connectivity index (χ3v) is 4.45. The van der Waals surface area contributed by atoms with E-state index in [1.54, 1.807) is 0 Å². The van der Waals surface area contributed by atoms with Gasteiger partial charge in [0.25, 0.3) is 0 Å². The molecule has 0 saturated carbocycles. The van der Waals surface area contributed by atoms with E-state index in [1.807, 2.05) is 36.1 Å². The summed E-state index contributed by atoms with van der Waals surface area (Å²) in [7, 11) is 0. The third-order valence-electron chi connectivity index (χ3n) is 4.20. The Bertz CT molecular complexity index is 523. The van der Waals surface area contributed by atoms with Crippen molar-refractivity contribution in [2.24, 2.45) is 0 Å². The molecule has 120 valence electrons. The van der Waals surface area contributed by atoms with Crippen LogP contribution >= 0.6 is 11.6 Å². The van der Waals surface area contributed by atoms with Gasteiger partial charge in [0, 0.05) is 18.1 Å². The maximum Gasteiger partial charge on any atom is 0.242 e. The third kappa shape index (κ3) is 3.43. The van der Waals surface area contributed by atoms with Gasteiger partial charge in [-0.3, -0.25) is 4.79 Å². The number of rotatable bonds is 2. The molecule has 2 fully saturated rings. The van der Waals surface area contributed by atoms with Gasteiger partial charge in [-0.2, -0.15) is 0 Å². The number of nitrogens with zero attached hydrogens (tertiary/aromatic N) is 1. The molecule has 0 aliphatic carbocycles. The van der Waals surface area contributed by atoms with E-state index >= 15 is 0 Å². The first-order valence-electron chi connectivity index (χ1n) is 7.66. The Morgan fingerprint density at radius 3 is 2.77 bits per heavy atom. The Balaban J connectivity index is 1.67. The van der Waals surface area contributed by atoms with E-state index in [2.05, 4.69) is 5.32 Å². The molecule has 0 radical (unpaired) electrons. The number of amides is 1. The molecule has 1 aromatic rings. The second kappa shape index (κ2) is 6.96. The number of nitrogens with one attached hydrogen (secondary N) is 1. The first-order valence-corrected chi connectivity index (χ1v) is 8.04. The Kier molecular flexibility index (Phi) is 4.98. The summed E-state index contributed by atoms with van der Waals surface area (Å²) >= 11 is 5.92. The second-order valence-corrected chi connectivity index (χ2v) is 6.14. The average molecular weight is 325 g/mol. The summed E-state index contributed by atoms with van der Waals surface area (Å²) in [4.78, 5) is 14.6. The van der Waals surface area contributed by atoms with Gasteiger partial charge in [0.05, 0.1) is 25.9 Å².